The number of aromatic amines is 1. The first-order valence-corrected chi connectivity index (χ1v) is 12.6. The summed E-state index contributed by atoms with van der Waals surface area (Å²) in [5.74, 6) is 0.789. The van der Waals surface area contributed by atoms with Crippen molar-refractivity contribution >= 4 is 11.5 Å². The molecule has 1 aromatic carbocycles. The van der Waals surface area contributed by atoms with Gasteiger partial charge in [-0.3, -0.25) is 0 Å². The molecule has 6 heteroatoms. The van der Waals surface area contributed by atoms with Gasteiger partial charge in [-0.2, -0.15) is 5.10 Å². The zero-order valence-corrected chi connectivity index (χ0v) is 20.8. The third kappa shape index (κ3) is 2.62. The first-order chi connectivity index (χ1) is 16.9. The second-order valence-corrected chi connectivity index (χ2v) is 10.7. The molecular weight excluding hydrogens is 432 g/mol. The number of hydrogen-bond acceptors (Lipinski definition) is 4. The van der Waals surface area contributed by atoms with Crippen molar-refractivity contribution in [1.29, 1.82) is 0 Å². The van der Waals surface area contributed by atoms with Crippen molar-refractivity contribution in [3.8, 4) is 5.69 Å². The maximum Gasteiger partial charge on any atom is 0.225 e. The molecule has 0 spiro atoms. The van der Waals surface area contributed by atoms with Crippen LogP contribution in [-0.2, 0) is 30.2 Å². The van der Waals surface area contributed by atoms with E-state index >= 15 is 0 Å². The second kappa shape index (κ2) is 6.94. The number of H-pyrrole nitrogens is 1. The van der Waals surface area contributed by atoms with Gasteiger partial charge in [-0.1, -0.05) is 45.0 Å². The van der Waals surface area contributed by atoms with Crippen LogP contribution in [0.5, 0.6) is 0 Å². The van der Waals surface area contributed by atoms with Gasteiger partial charge >= 0.3 is 0 Å². The van der Waals surface area contributed by atoms with Crippen molar-refractivity contribution < 1.29 is 0 Å². The number of nitrogens with one attached hydrogen (secondary N) is 1. The molecule has 4 aromatic rings. The molecular formula is C29H30N6. The lowest BCUT2D eigenvalue weighted by Crippen LogP contribution is -2.41. The van der Waals surface area contributed by atoms with Crippen LogP contribution in [0.1, 0.15) is 67.0 Å². The minimum absolute atomic E-state index is 0.0840. The Balaban J connectivity index is 1.54. The predicted molar refractivity (Wildman–Crippen MR) is 138 cm³/mol. The Morgan fingerprint density at radius 3 is 2.69 bits per heavy atom. The van der Waals surface area contributed by atoms with Crippen LogP contribution in [0.15, 0.2) is 55.0 Å². The summed E-state index contributed by atoms with van der Waals surface area (Å²) in [6.07, 6.45) is 10.1. The summed E-state index contributed by atoms with van der Waals surface area (Å²) in [6.45, 7) is 10.9. The van der Waals surface area contributed by atoms with Crippen LogP contribution in [-0.4, -0.2) is 31.3 Å². The molecule has 3 aromatic heterocycles. The summed E-state index contributed by atoms with van der Waals surface area (Å²) >= 11 is 0. The fraction of sp³-hybridized carbons (Fsp3) is 0.345. The Labute approximate surface area is 205 Å². The van der Waals surface area contributed by atoms with Gasteiger partial charge in [-0.05, 0) is 42.2 Å². The lowest BCUT2D eigenvalue weighted by atomic mass is 9.60. The summed E-state index contributed by atoms with van der Waals surface area (Å²) in [5, 5.41) is 5.31. The highest BCUT2D eigenvalue weighted by molar-refractivity contribution is 5.89. The Morgan fingerprint density at radius 1 is 1.06 bits per heavy atom. The van der Waals surface area contributed by atoms with E-state index in [2.05, 4.69) is 88.8 Å². The van der Waals surface area contributed by atoms with E-state index in [9.17, 15) is 0 Å². The number of rotatable bonds is 2. The third-order valence-corrected chi connectivity index (χ3v) is 8.32. The van der Waals surface area contributed by atoms with Crippen LogP contribution < -0.4 is 4.90 Å². The molecule has 1 aliphatic carbocycles. The van der Waals surface area contributed by atoms with Crippen molar-refractivity contribution in [2.75, 3.05) is 11.4 Å². The second-order valence-electron chi connectivity index (χ2n) is 10.7. The highest BCUT2D eigenvalue weighted by Crippen LogP contribution is 2.57. The number of para-hydroxylation sites is 1. The molecule has 2 aliphatic heterocycles. The average molecular weight is 463 g/mol. The summed E-state index contributed by atoms with van der Waals surface area (Å²) in [4.78, 5) is 15.0. The van der Waals surface area contributed by atoms with E-state index in [1.165, 1.54) is 50.6 Å². The summed E-state index contributed by atoms with van der Waals surface area (Å²) in [5.41, 5.74) is 11.4. The molecule has 6 nitrogen and oxygen atoms in total. The van der Waals surface area contributed by atoms with E-state index in [4.69, 9.17) is 5.10 Å². The van der Waals surface area contributed by atoms with Crippen molar-refractivity contribution in [3.05, 3.63) is 94.3 Å². The molecule has 3 aliphatic rings. The van der Waals surface area contributed by atoms with E-state index in [0.29, 0.717) is 0 Å². The Morgan fingerprint density at radius 2 is 1.89 bits per heavy atom. The van der Waals surface area contributed by atoms with Crippen LogP contribution in [0.25, 0.3) is 11.3 Å². The SMILES string of the molecule is CCc1cccc2c1-n1nc3c(c1C1(C)C2=CC(C)(C)c2[nH]ccc21)CN(c1ncccn1)CC3. The number of fused-ring (bicyclic) bond motifs is 10. The van der Waals surface area contributed by atoms with Crippen molar-refractivity contribution in [3.63, 3.8) is 0 Å². The van der Waals surface area contributed by atoms with E-state index in [0.717, 1.165) is 31.9 Å². The minimum atomic E-state index is -0.300. The molecule has 1 unspecified atom stereocenters. The highest BCUT2D eigenvalue weighted by Gasteiger charge is 2.51. The number of benzene rings is 1. The molecule has 0 amide bonds. The van der Waals surface area contributed by atoms with Gasteiger partial charge in [0.2, 0.25) is 5.95 Å². The molecule has 0 radical (unpaired) electrons. The maximum absolute atomic E-state index is 5.31. The number of anilines is 1. The summed E-state index contributed by atoms with van der Waals surface area (Å²) in [6, 6.07) is 10.9. The molecule has 1 atom stereocenters. The van der Waals surface area contributed by atoms with Crippen LogP contribution in [0.2, 0.25) is 0 Å². The topological polar surface area (TPSA) is 62.6 Å². The fourth-order valence-electron chi connectivity index (χ4n) is 6.66. The van der Waals surface area contributed by atoms with Gasteiger partial charge in [0.15, 0.2) is 0 Å². The smallest absolute Gasteiger partial charge is 0.225 e. The first kappa shape index (κ1) is 20.7. The Bertz CT molecular complexity index is 1510. The van der Waals surface area contributed by atoms with Crippen molar-refractivity contribution in [2.24, 2.45) is 0 Å². The Hall–Kier alpha value is -3.67. The van der Waals surface area contributed by atoms with Gasteiger partial charge in [-0.15, -0.1) is 0 Å². The quantitative estimate of drug-likeness (QED) is 0.450. The lowest BCUT2D eigenvalue weighted by Gasteiger charge is -2.46. The van der Waals surface area contributed by atoms with Gasteiger partial charge in [0.05, 0.1) is 22.5 Å². The minimum Gasteiger partial charge on any atom is -0.364 e. The normalized spacial score (nSPS) is 21.4. The van der Waals surface area contributed by atoms with E-state index in [-0.39, 0.29) is 10.8 Å². The number of allylic oxidation sites excluding steroid dienone is 2. The number of aromatic nitrogens is 5. The van der Waals surface area contributed by atoms with Crippen LogP contribution in [0.4, 0.5) is 5.95 Å². The van der Waals surface area contributed by atoms with Crippen LogP contribution in [0, 0.1) is 0 Å². The molecule has 1 N–H and O–H groups in total. The van der Waals surface area contributed by atoms with Gasteiger partial charge in [0.25, 0.3) is 0 Å². The zero-order chi connectivity index (χ0) is 23.9. The molecule has 176 valence electrons. The number of aryl methyl sites for hydroxylation is 1. The molecule has 0 fully saturated rings. The predicted octanol–water partition coefficient (Wildman–Crippen LogP) is 5.11. The van der Waals surface area contributed by atoms with Crippen LogP contribution >= 0.6 is 0 Å². The van der Waals surface area contributed by atoms with Gasteiger partial charge < -0.3 is 9.88 Å². The molecule has 0 bridgehead atoms. The molecule has 0 saturated carbocycles. The number of hydrogen-bond donors (Lipinski definition) is 1. The van der Waals surface area contributed by atoms with Crippen LogP contribution in [0.3, 0.4) is 0 Å². The van der Waals surface area contributed by atoms with Crippen molar-refractivity contribution in [1.82, 2.24) is 24.7 Å². The molecule has 0 saturated heterocycles. The van der Waals surface area contributed by atoms with Gasteiger partial charge in [-0.25, -0.2) is 14.6 Å². The van der Waals surface area contributed by atoms with Gasteiger partial charge in [0.1, 0.15) is 0 Å². The van der Waals surface area contributed by atoms with E-state index < -0.39 is 0 Å². The zero-order valence-electron chi connectivity index (χ0n) is 20.8. The molecule has 7 rings (SSSR count). The Kier molecular flexibility index (Phi) is 4.10. The number of nitrogens with zero attached hydrogens (tertiary/aromatic N) is 5. The monoisotopic (exact) mass is 462 g/mol. The summed E-state index contributed by atoms with van der Waals surface area (Å²) < 4.78 is 2.29. The van der Waals surface area contributed by atoms with Gasteiger partial charge in [0, 0.05) is 60.3 Å². The highest BCUT2D eigenvalue weighted by atomic mass is 15.3. The first-order valence-electron chi connectivity index (χ1n) is 12.6. The average Bonchev–Trinajstić information content (AvgIpc) is 3.52. The third-order valence-electron chi connectivity index (χ3n) is 8.32. The maximum atomic E-state index is 5.31. The fourth-order valence-corrected chi connectivity index (χ4v) is 6.66. The van der Waals surface area contributed by atoms with E-state index in [1.807, 2.05) is 18.5 Å². The largest absolute Gasteiger partial charge is 0.364 e. The standard InChI is InChI=1S/C29H30N6/c1-5-18-8-6-9-19-22-16-28(2,3)25-21(10-14-30-25)29(22,4)26-20-17-34(27-31-12-7-13-32-27)15-11-23(20)33-35(26)24(18)19/h6-10,12-14,16,30H,5,11,15,17H2,1-4H3. The van der Waals surface area contributed by atoms with Crippen molar-refractivity contribution in [2.45, 2.75) is 57.9 Å². The lowest BCUT2D eigenvalue weighted by molar-refractivity contribution is 0.555. The molecule has 35 heavy (non-hydrogen) atoms. The van der Waals surface area contributed by atoms with E-state index in [1.54, 1.807) is 0 Å². The summed E-state index contributed by atoms with van der Waals surface area (Å²) in [7, 11) is 0. The molecule has 5 heterocycles.